The van der Waals surface area contributed by atoms with Gasteiger partial charge in [0.25, 0.3) is 0 Å². The van der Waals surface area contributed by atoms with Crippen LogP contribution in [-0.4, -0.2) is 35.1 Å². The number of benzene rings is 1. The topological polar surface area (TPSA) is 61.0 Å². The summed E-state index contributed by atoms with van der Waals surface area (Å²) < 4.78 is 0. The van der Waals surface area contributed by atoms with E-state index in [9.17, 15) is 4.79 Å². The van der Waals surface area contributed by atoms with Crippen molar-refractivity contribution in [2.75, 3.05) is 19.4 Å². The number of rotatable bonds is 5. The zero-order valence-corrected chi connectivity index (χ0v) is 12.9. The van der Waals surface area contributed by atoms with E-state index in [4.69, 9.17) is 0 Å². The van der Waals surface area contributed by atoms with E-state index >= 15 is 0 Å². The SMILES string of the molecule is CC(C)c1cc(NC(=O)C(c2ccccc2)N(C)C)n[nH]1. The summed E-state index contributed by atoms with van der Waals surface area (Å²) in [6.45, 7) is 4.15. The lowest BCUT2D eigenvalue weighted by molar-refractivity contribution is -0.120. The third-order valence-electron chi connectivity index (χ3n) is 3.35. The van der Waals surface area contributed by atoms with Crippen molar-refractivity contribution >= 4 is 11.7 Å². The van der Waals surface area contributed by atoms with Crippen LogP contribution in [0.15, 0.2) is 36.4 Å². The Labute approximate surface area is 125 Å². The van der Waals surface area contributed by atoms with Gasteiger partial charge in [-0.15, -0.1) is 0 Å². The molecule has 1 aromatic heterocycles. The first kappa shape index (κ1) is 15.3. The number of nitrogens with one attached hydrogen (secondary N) is 2. The largest absolute Gasteiger partial charge is 0.308 e. The number of anilines is 1. The molecule has 0 saturated heterocycles. The molecule has 0 bridgehead atoms. The van der Waals surface area contributed by atoms with Crippen molar-refractivity contribution in [3.05, 3.63) is 47.7 Å². The molecule has 0 aliphatic heterocycles. The number of aromatic nitrogens is 2. The Kier molecular flexibility index (Phi) is 4.75. The number of carbonyl (C=O) groups excluding carboxylic acids is 1. The smallest absolute Gasteiger partial charge is 0.247 e. The summed E-state index contributed by atoms with van der Waals surface area (Å²) in [5.41, 5.74) is 1.96. The maximum atomic E-state index is 12.5. The molecule has 0 saturated carbocycles. The van der Waals surface area contributed by atoms with Crippen molar-refractivity contribution in [2.45, 2.75) is 25.8 Å². The second-order valence-electron chi connectivity index (χ2n) is 5.63. The Morgan fingerprint density at radius 3 is 2.43 bits per heavy atom. The lowest BCUT2D eigenvalue weighted by Gasteiger charge is -2.23. The molecule has 1 atom stereocenters. The van der Waals surface area contributed by atoms with E-state index in [2.05, 4.69) is 29.4 Å². The molecule has 112 valence electrons. The normalized spacial score (nSPS) is 12.7. The molecule has 0 aliphatic carbocycles. The maximum Gasteiger partial charge on any atom is 0.247 e. The van der Waals surface area contributed by atoms with E-state index in [0.717, 1.165) is 11.3 Å². The Balaban J connectivity index is 2.15. The Morgan fingerprint density at radius 2 is 1.90 bits per heavy atom. The number of aromatic amines is 1. The van der Waals surface area contributed by atoms with Gasteiger partial charge < -0.3 is 5.32 Å². The van der Waals surface area contributed by atoms with Gasteiger partial charge in [0.2, 0.25) is 5.91 Å². The molecule has 0 fully saturated rings. The lowest BCUT2D eigenvalue weighted by Crippen LogP contribution is -2.32. The number of amides is 1. The van der Waals surface area contributed by atoms with Gasteiger partial charge in [0.1, 0.15) is 6.04 Å². The third-order valence-corrected chi connectivity index (χ3v) is 3.35. The number of hydrogen-bond acceptors (Lipinski definition) is 3. The standard InChI is InChI=1S/C16H22N4O/c1-11(2)13-10-14(19-18-13)17-16(21)15(20(3)4)12-8-6-5-7-9-12/h5-11,15H,1-4H3,(H2,17,18,19,21). The first-order valence-electron chi connectivity index (χ1n) is 7.06. The minimum absolute atomic E-state index is 0.0898. The van der Waals surface area contributed by atoms with E-state index in [1.165, 1.54) is 0 Å². The third kappa shape index (κ3) is 3.70. The summed E-state index contributed by atoms with van der Waals surface area (Å²) in [6, 6.07) is 11.2. The molecule has 0 radical (unpaired) electrons. The zero-order chi connectivity index (χ0) is 15.4. The number of likely N-dealkylation sites (N-methyl/N-ethyl adjacent to an activating group) is 1. The van der Waals surface area contributed by atoms with Gasteiger partial charge in [-0.3, -0.25) is 14.8 Å². The van der Waals surface area contributed by atoms with Gasteiger partial charge in [-0.2, -0.15) is 5.10 Å². The highest BCUT2D eigenvalue weighted by Crippen LogP contribution is 2.21. The summed E-state index contributed by atoms with van der Waals surface area (Å²) in [5, 5.41) is 9.95. The molecular formula is C16H22N4O. The molecule has 2 aromatic rings. The molecular weight excluding hydrogens is 264 g/mol. The van der Waals surface area contributed by atoms with Crippen LogP contribution in [0.2, 0.25) is 0 Å². The van der Waals surface area contributed by atoms with Crippen LogP contribution in [0.1, 0.15) is 37.1 Å². The monoisotopic (exact) mass is 286 g/mol. The van der Waals surface area contributed by atoms with Crippen LogP contribution < -0.4 is 5.32 Å². The Hall–Kier alpha value is -2.14. The van der Waals surface area contributed by atoms with Crippen LogP contribution in [0, 0.1) is 0 Å². The minimum Gasteiger partial charge on any atom is -0.308 e. The Bertz CT molecular complexity index is 589. The fourth-order valence-electron chi connectivity index (χ4n) is 2.21. The van der Waals surface area contributed by atoms with Gasteiger partial charge in [0.15, 0.2) is 5.82 Å². The molecule has 1 amide bonds. The van der Waals surface area contributed by atoms with E-state index in [-0.39, 0.29) is 11.9 Å². The lowest BCUT2D eigenvalue weighted by atomic mass is 10.1. The van der Waals surface area contributed by atoms with Crippen molar-refractivity contribution in [2.24, 2.45) is 0 Å². The molecule has 5 nitrogen and oxygen atoms in total. The van der Waals surface area contributed by atoms with Crippen LogP contribution in [0.4, 0.5) is 5.82 Å². The number of nitrogens with zero attached hydrogens (tertiary/aromatic N) is 2. The molecule has 1 aromatic carbocycles. The molecule has 0 aliphatic rings. The highest BCUT2D eigenvalue weighted by molar-refractivity contribution is 5.94. The summed E-state index contributed by atoms with van der Waals surface area (Å²) in [6.07, 6.45) is 0. The van der Waals surface area contributed by atoms with Gasteiger partial charge in [0.05, 0.1) is 0 Å². The second-order valence-corrected chi connectivity index (χ2v) is 5.63. The van der Waals surface area contributed by atoms with Crippen molar-refractivity contribution < 1.29 is 4.79 Å². The molecule has 5 heteroatoms. The van der Waals surface area contributed by atoms with Gasteiger partial charge in [-0.05, 0) is 25.6 Å². The predicted octanol–water partition coefficient (Wildman–Crippen LogP) is 2.77. The quantitative estimate of drug-likeness (QED) is 0.888. The minimum atomic E-state index is -0.342. The van der Waals surface area contributed by atoms with Crippen molar-refractivity contribution in [1.82, 2.24) is 15.1 Å². The van der Waals surface area contributed by atoms with Crippen LogP contribution in [-0.2, 0) is 4.79 Å². The van der Waals surface area contributed by atoms with Crippen LogP contribution in [0.25, 0.3) is 0 Å². The van der Waals surface area contributed by atoms with Crippen LogP contribution >= 0.6 is 0 Å². The molecule has 21 heavy (non-hydrogen) atoms. The summed E-state index contributed by atoms with van der Waals surface area (Å²) >= 11 is 0. The number of hydrogen-bond donors (Lipinski definition) is 2. The van der Waals surface area contributed by atoms with Crippen molar-refractivity contribution in [1.29, 1.82) is 0 Å². The van der Waals surface area contributed by atoms with Gasteiger partial charge >= 0.3 is 0 Å². The average molecular weight is 286 g/mol. The van der Waals surface area contributed by atoms with Gasteiger partial charge in [-0.25, -0.2) is 0 Å². The summed E-state index contributed by atoms with van der Waals surface area (Å²) in [5.74, 6) is 0.821. The van der Waals surface area contributed by atoms with E-state index in [0.29, 0.717) is 11.7 Å². The molecule has 2 N–H and O–H groups in total. The van der Waals surface area contributed by atoms with E-state index < -0.39 is 0 Å². The average Bonchev–Trinajstić information content (AvgIpc) is 2.88. The van der Waals surface area contributed by atoms with Crippen molar-refractivity contribution in [3.8, 4) is 0 Å². The molecule has 0 spiro atoms. The first-order chi connectivity index (χ1) is 9.99. The predicted molar refractivity (Wildman–Crippen MR) is 84.2 cm³/mol. The highest BCUT2D eigenvalue weighted by atomic mass is 16.2. The van der Waals surface area contributed by atoms with Crippen LogP contribution in [0.3, 0.4) is 0 Å². The molecule has 2 rings (SSSR count). The molecule has 1 heterocycles. The van der Waals surface area contributed by atoms with Crippen LogP contribution in [0.5, 0.6) is 0 Å². The van der Waals surface area contributed by atoms with Crippen molar-refractivity contribution in [3.63, 3.8) is 0 Å². The van der Waals surface area contributed by atoms with E-state index in [1.807, 2.05) is 55.4 Å². The maximum absolute atomic E-state index is 12.5. The second kappa shape index (κ2) is 6.54. The zero-order valence-electron chi connectivity index (χ0n) is 12.9. The number of H-pyrrole nitrogens is 1. The van der Waals surface area contributed by atoms with E-state index in [1.54, 1.807) is 0 Å². The van der Waals surface area contributed by atoms with Gasteiger partial charge in [0, 0.05) is 11.8 Å². The summed E-state index contributed by atoms with van der Waals surface area (Å²) in [7, 11) is 3.78. The fourth-order valence-corrected chi connectivity index (χ4v) is 2.21. The fraction of sp³-hybridized carbons (Fsp3) is 0.375. The first-order valence-corrected chi connectivity index (χ1v) is 7.06. The molecule has 1 unspecified atom stereocenters. The Morgan fingerprint density at radius 1 is 1.24 bits per heavy atom. The number of carbonyl (C=O) groups is 1. The van der Waals surface area contributed by atoms with Gasteiger partial charge in [-0.1, -0.05) is 44.2 Å². The summed E-state index contributed by atoms with van der Waals surface area (Å²) in [4.78, 5) is 14.4. The highest BCUT2D eigenvalue weighted by Gasteiger charge is 2.23.